The molecule has 0 aromatic heterocycles. The molecular formula is C26H29NO6. The van der Waals surface area contributed by atoms with Crippen LogP contribution in [0.4, 0.5) is 0 Å². The first kappa shape index (κ1) is 22.9. The molecule has 0 spiro atoms. The number of fused-ring (bicyclic) bond motifs is 1. The SMILES string of the molecule is CCCOc1cccc([C@H]2C(=C(O)c3ccc4c(c3)C[C@H](C)O4)C(=O)C(=O)N2CCOC)c1. The topological polar surface area (TPSA) is 85.3 Å². The Bertz CT molecular complexity index is 1090. The van der Waals surface area contributed by atoms with E-state index in [4.69, 9.17) is 14.2 Å². The Kier molecular flexibility index (Phi) is 6.70. The summed E-state index contributed by atoms with van der Waals surface area (Å²) in [5, 5.41) is 11.3. The van der Waals surface area contributed by atoms with E-state index in [9.17, 15) is 14.7 Å². The molecule has 0 saturated carbocycles. The summed E-state index contributed by atoms with van der Waals surface area (Å²) in [5.74, 6) is -0.136. The van der Waals surface area contributed by atoms with Crippen molar-refractivity contribution in [2.24, 2.45) is 0 Å². The van der Waals surface area contributed by atoms with Crippen molar-refractivity contribution >= 4 is 17.4 Å². The van der Waals surface area contributed by atoms with Crippen molar-refractivity contribution in [2.75, 3.05) is 26.9 Å². The van der Waals surface area contributed by atoms with Crippen LogP contribution >= 0.6 is 0 Å². The van der Waals surface area contributed by atoms with E-state index in [2.05, 4.69) is 0 Å². The Labute approximate surface area is 193 Å². The fraction of sp³-hybridized carbons (Fsp3) is 0.385. The Morgan fingerprint density at radius 2 is 2.00 bits per heavy atom. The number of rotatable bonds is 8. The molecule has 33 heavy (non-hydrogen) atoms. The molecule has 0 unspecified atom stereocenters. The predicted molar refractivity (Wildman–Crippen MR) is 123 cm³/mol. The minimum absolute atomic E-state index is 0.0582. The van der Waals surface area contributed by atoms with E-state index in [1.54, 1.807) is 19.2 Å². The molecule has 2 heterocycles. The second-order valence-corrected chi connectivity index (χ2v) is 8.36. The van der Waals surface area contributed by atoms with Crippen LogP contribution in [0.15, 0.2) is 48.0 Å². The van der Waals surface area contributed by atoms with Crippen LogP contribution in [-0.4, -0.2) is 54.7 Å². The van der Waals surface area contributed by atoms with Gasteiger partial charge in [-0.05, 0) is 54.8 Å². The number of hydrogen-bond donors (Lipinski definition) is 1. The summed E-state index contributed by atoms with van der Waals surface area (Å²) in [5.41, 5.74) is 2.21. The van der Waals surface area contributed by atoms with Crippen LogP contribution in [0.1, 0.15) is 43.0 Å². The van der Waals surface area contributed by atoms with Crippen molar-refractivity contribution in [1.29, 1.82) is 0 Å². The smallest absolute Gasteiger partial charge is 0.295 e. The van der Waals surface area contributed by atoms with Gasteiger partial charge in [0, 0.05) is 25.6 Å². The van der Waals surface area contributed by atoms with E-state index in [0.29, 0.717) is 23.5 Å². The standard InChI is InChI=1S/C26H29NO6/c1-4-11-32-20-7-5-6-17(15-20)23-22(25(29)26(30)27(23)10-12-31-3)24(28)18-8-9-21-19(14-18)13-16(2)33-21/h5-9,14-16,23,28H,4,10-13H2,1-3H3/t16-,23-/m0/s1. The Morgan fingerprint density at radius 3 is 2.76 bits per heavy atom. The van der Waals surface area contributed by atoms with Crippen LogP contribution in [-0.2, 0) is 20.7 Å². The summed E-state index contributed by atoms with van der Waals surface area (Å²) >= 11 is 0. The third kappa shape index (κ3) is 4.46. The molecule has 0 aliphatic carbocycles. The van der Waals surface area contributed by atoms with Gasteiger partial charge in [-0.25, -0.2) is 0 Å². The Balaban J connectivity index is 1.80. The van der Waals surface area contributed by atoms with Crippen molar-refractivity contribution in [2.45, 2.75) is 38.8 Å². The van der Waals surface area contributed by atoms with Crippen molar-refractivity contribution in [3.05, 3.63) is 64.7 Å². The van der Waals surface area contributed by atoms with E-state index < -0.39 is 17.7 Å². The molecule has 174 valence electrons. The summed E-state index contributed by atoms with van der Waals surface area (Å²) in [6.45, 7) is 5.05. The molecule has 1 amide bonds. The highest BCUT2D eigenvalue weighted by Gasteiger charge is 2.46. The van der Waals surface area contributed by atoms with E-state index in [1.165, 1.54) is 4.90 Å². The van der Waals surface area contributed by atoms with Gasteiger partial charge in [-0.2, -0.15) is 0 Å². The maximum Gasteiger partial charge on any atom is 0.295 e. The number of nitrogens with zero attached hydrogens (tertiary/aromatic N) is 1. The molecule has 0 bridgehead atoms. The predicted octanol–water partition coefficient (Wildman–Crippen LogP) is 3.87. The van der Waals surface area contributed by atoms with Crippen LogP contribution < -0.4 is 9.47 Å². The molecule has 2 atom stereocenters. The quantitative estimate of drug-likeness (QED) is 0.373. The molecule has 7 nitrogen and oxygen atoms in total. The van der Waals surface area contributed by atoms with Gasteiger partial charge in [0.2, 0.25) is 0 Å². The van der Waals surface area contributed by atoms with Gasteiger partial charge in [0.1, 0.15) is 23.4 Å². The van der Waals surface area contributed by atoms with Crippen LogP contribution in [0.5, 0.6) is 11.5 Å². The fourth-order valence-electron chi connectivity index (χ4n) is 4.37. The number of ketones is 1. The zero-order valence-electron chi connectivity index (χ0n) is 19.2. The highest BCUT2D eigenvalue weighted by atomic mass is 16.5. The third-order valence-corrected chi connectivity index (χ3v) is 5.89. The molecule has 2 aromatic rings. The van der Waals surface area contributed by atoms with Gasteiger partial charge in [-0.15, -0.1) is 0 Å². The summed E-state index contributed by atoms with van der Waals surface area (Å²) in [6.07, 6.45) is 1.64. The van der Waals surface area contributed by atoms with Gasteiger partial charge < -0.3 is 24.2 Å². The molecular weight excluding hydrogens is 422 g/mol. The first-order valence-electron chi connectivity index (χ1n) is 11.2. The van der Waals surface area contributed by atoms with Crippen LogP contribution in [0, 0.1) is 0 Å². The maximum atomic E-state index is 13.1. The van der Waals surface area contributed by atoms with Gasteiger partial charge >= 0.3 is 0 Å². The largest absolute Gasteiger partial charge is 0.507 e. The minimum Gasteiger partial charge on any atom is -0.507 e. The van der Waals surface area contributed by atoms with Crippen molar-refractivity contribution in [3.63, 3.8) is 0 Å². The van der Waals surface area contributed by atoms with Crippen LogP contribution in [0.25, 0.3) is 5.76 Å². The number of benzene rings is 2. The second kappa shape index (κ2) is 9.67. The first-order chi connectivity index (χ1) is 15.9. The van der Waals surface area contributed by atoms with E-state index >= 15 is 0 Å². The number of aliphatic hydroxyl groups excluding tert-OH is 1. The average Bonchev–Trinajstić information content (AvgIpc) is 3.31. The number of Topliss-reactive ketones (excluding diaryl/α,β-unsaturated/α-hetero) is 1. The van der Waals surface area contributed by atoms with Gasteiger partial charge in [-0.3, -0.25) is 9.59 Å². The molecule has 1 N–H and O–H groups in total. The highest BCUT2D eigenvalue weighted by molar-refractivity contribution is 6.46. The average molecular weight is 452 g/mol. The fourth-order valence-corrected chi connectivity index (χ4v) is 4.37. The number of ether oxygens (including phenoxy) is 3. The number of carbonyl (C=O) groups excluding carboxylic acids is 2. The number of carbonyl (C=O) groups is 2. The number of hydrogen-bond acceptors (Lipinski definition) is 6. The monoisotopic (exact) mass is 451 g/mol. The van der Waals surface area contributed by atoms with Crippen LogP contribution in [0.2, 0.25) is 0 Å². The molecule has 1 saturated heterocycles. The molecule has 0 radical (unpaired) electrons. The zero-order valence-corrected chi connectivity index (χ0v) is 19.2. The summed E-state index contributed by atoms with van der Waals surface area (Å²) < 4.78 is 16.7. The van der Waals surface area contributed by atoms with Crippen molar-refractivity contribution in [3.8, 4) is 11.5 Å². The number of amides is 1. The molecule has 4 rings (SSSR count). The van der Waals surface area contributed by atoms with Crippen molar-refractivity contribution in [1.82, 2.24) is 4.90 Å². The summed E-state index contributed by atoms with van der Waals surface area (Å²) in [7, 11) is 1.54. The van der Waals surface area contributed by atoms with E-state index in [1.807, 2.05) is 44.2 Å². The molecule has 2 aliphatic rings. The second-order valence-electron chi connectivity index (χ2n) is 8.36. The lowest BCUT2D eigenvalue weighted by Crippen LogP contribution is -2.32. The highest BCUT2D eigenvalue weighted by Crippen LogP contribution is 2.41. The normalized spacial score (nSPS) is 21.2. The molecule has 2 aliphatic heterocycles. The number of aliphatic hydroxyl groups is 1. The van der Waals surface area contributed by atoms with Crippen LogP contribution in [0.3, 0.4) is 0 Å². The van der Waals surface area contributed by atoms with E-state index in [0.717, 1.165) is 24.2 Å². The lowest BCUT2D eigenvalue weighted by atomic mass is 9.94. The number of likely N-dealkylation sites (tertiary alicyclic amines) is 1. The zero-order chi connectivity index (χ0) is 23.5. The minimum atomic E-state index is -0.742. The van der Waals surface area contributed by atoms with Crippen molar-refractivity contribution < 1.29 is 28.9 Å². The molecule has 1 fully saturated rings. The van der Waals surface area contributed by atoms with Gasteiger partial charge in [0.05, 0.1) is 24.8 Å². The molecule has 7 heteroatoms. The van der Waals surface area contributed by atoms with Gasteiger partial charge in [0.25, 0.3) is 11.7 Å². The van der Waals surface area contributed by atoms with Gasteiger partial charge in [-0.1, -0.05) is 19.1 Å². The molecule has 2 aromatic carbocycles. The van der Waals surface area contributed by atoms with E-state index in [-0.39, 0.29) is 30.6 Å². The lowest BCUT2D eigenvalue weighted by Gasteiger charge is -2.25. The Morgan fingerprint density at radius 1 is 1.18 bits per heavy atom. The Hall–Kier alpha value is -3.32. The summed E-state index contributed by atoms with van der Waals surface area (Å²) in [6, 6.07) is 11.9. The first-order valence-corrected chi connectivity index (χ1v) is 11.2. The van der Waals surface area contributed by atoms with Gasteiger partial charge in [0.15, 0.2) is 0 Å². The number of methoxy groups -OCH3 is 1. The summed E-state index contributed by atoms with van der Waals surface area (Å²) in [4.78, 5) is 27.5. The maximum absolute atomic E-state index is 13.1. The lowest BCUT2D eigenvalue weighted by molar-refractivity contribution is -0.140. The third-order valence-electron chi connectivity index (χ3n) is 5.89.